The van der Waals surface area contributed by atoms with Gasteiger partial charge in [0.25, 0.3) is 0 Å². The quantitative estimate of drug-likeness (QED) is 0.608. The molecule has 0 spiro atoms. The van der Waals surface area contributed by atoms with Gasteiger partial charge in [0.15, 0.2) is 5.78 Å². The van der Waals surface area contributed by atoms with Crippen molar-refractivity contribution in [2.75, 3.05) is 12.9 Å². The zero-order valence-electron chi connectivity index (χ0n) is 11.1. The fraction of sp³-hybridized carbons (Fsp3) is 0.188. The summed E-state index contributed by atoms with van der Waals surface area (Å²) in [6.07, 6.45) is 0. The molecular formula is C16H16O2S. The second-order valence-corrected chi connectivity index (χ2v) is 5.31. The minimum absolute atomic E-state index is 0.157. The SMILES string of the molecule is COc1ccc(SCC(=O)c2cccc(C)c2)cc1. The molecule has 0 amide bonds. The number of aryl methyl sites for hydroxylation is 1. The average Bonchev–Trinajstić information content (AvgIpc) is 2.45. The van der Waals surface area contributed by atoms with Crippen molar-refractivity contribution in [2.24, 2.45) is 0 Å². The van der Waals surface area contributed by atoms with Crippen LogP contribution < -0.4 is 4.74 Å². The van der Waals surface area contributed by atoms with Crippen molar-refractivity contribution >= 4 is 17.5 Å². The molecule has 2 aromatic rings. The van der Waals surface area contributed by atoms with Gasteiger partial charge in [0.05, 0.1) is 12.9 Å². The van der Waals surface area contributed by atoms with Crippen molar-refractivity contribution in [2.45, 2.75) is 11.8 Å². The van der Waals surface area contributed by atoms with Gasteiger partial charge in [-0.05, 0) is 37.3 Å². The van der Waals surface area contributed by atoms with Crippen molar-refractivity contribution in [3.8, 4) is 5.75 Å². The van der Waals surface area contributed by atoms with E-state index in [9.17, 15) is 4.79 Å². The highest BCUT2D eigenvalue weighted by Crippen LogP contribution is 2.22. The lowest BCUT2D eigenvalue weighted by molar-refractivity contribution is 0.102. The highest BCUT2D eigenvalue weighted by molar-refractivity contribution is 8.00. The number of carbonyl (C=O) groups excluding carboxylic acids is 1. The molecule has 3 heteroatoms. The van der Waals surface area contributed by atoms with Crippen molar-refractivity contribution in [3.63, 3.8) is 0 Å². The number of ketones is 1. The Morgan fingerprint density at radius 1 is 1.16 bits per heavy atom. The molecule has 2 rings (SSSR count). The highest BCUT2D eigenvalue weighted by Gasteiger charge is 2.06. The third-order valence-corrected chi connectivity index (χ3v) is 3.78. The van der Waals surface area contributed by atoms with Gasteiger partial charge in [0.1, 0.15) is 5.75 Å². The van der Waals surface area contributed by atoms with Gasteiger partial charge in [-0.15, -0.1) is 11.8 Å². The van der Waals surface area contributed by atoms with Crippen LogP contribution in [-0.4, -0.2) is 18.6 Å². The molecule has 2 nitrogen and oxygen atoms in total. The van der Waals surface area contributed by atoms with E-state index in [0.717, 1.165) is 21.8 Å². The largest absolute Gasteiger partial charge is 0.497 e. The van der Waals surface area contributed by atoms with Crippen LogP contribution in [0.4, 0.5) is 0 Å². The monoisotopic (exact) mass is 272 g/mol. The number of ether oxygens (including phenoxy) is 1. The lowest BCUT2D eigenvalue weighted by atomic mass is 10.1. The maximum atomic E-state index is 12.0. The van der Waals surface area contributed by atoms with E-state index in [2.05, 4.69) is 0 Å². The summed E-state index contributed by atoms with van der Waals surface area (Å²) < 4.78 is 5.10. The number of hydrogen-bond acceptors (Lipinski definition) is 3. The van der Waals surface area contributed by atoms with E-state index < -0.39 is 0 Å². The van der Waals surface area contributed by atoms with E-state index in [0.29, 0.717) is 5.75 Å². The summed E-state index contributed by atoms with van der Waals surface area (Å²) in [7, 11) is 1.64. The van der Waals surface area contributed by atoms with Crippen LogP contribution in [0.15, 0.2) is 53.4 Å². The van der Waals surface area contributed by atoms with Crippen LogP contribution in [0.25, 0.3) is 0 Å². The van der Waals surface area contributed by atoms with Crippen molar-refractivity contribution < 1.29 is 9.53 Å². The molecule has 0 atom stereocenters. The molecule has 0 bridgehead atoms. The Kier molecular flexibility index (Phi) is 4.63. The molecule has 0 unspecified atom stereocenters. The molecule has 0 aliphatic rings. The summed E-state index contributed by atoms with van der Waals surface area (Å²) in [5, 5.41) is 0. The summed E-state index contributed by atoms with van der Waals surface area (Å²) in [6, 6.07) is 15.4. The molecule has 98 valence electrons. The van der Waals surface area contributed by atoms with Gasteiger partial charge < -0.3 is 4.74 Å². The van der Waals surface area contributed by atoms with E-state index in [1.807, 2.05) is 55.5 Å². The average molecular weight is 272 g/mol. The lowest BCUT2D eigenvalue weighted by Gasteiger charge is -2.04. The minimum Gasteiger partial charge on any atom is -0.497 e. The van der Waals surface area contributed by atoms with Crippen LogP contribution >= 0.6 is 11.8 Å². The Hall–Kier alpha value is -1.74. The first-order valence-corrected chi connectivity index (χ1v) is 7.04. The van der Waals surface area contributed by atoms with E-state index in [1.54, 1.807) is 18.9 Å². The number of carbonyl (C=O) groups is 1. The predicted molar refractivity (Wildman–Crippen MR) is 79.2 cm³/mol. The molecule has 19 heavy (non-hydrogen) atoms. The fourth-order valence-corrected chi connectivity index (χ4v) is 2.52. The minimum atomic E-state index is 0.157. The van der Waals surface area contributed by atoms with E-state index >= 15 is 0 Å². The molecule has 0 heterocycles. The number of methoxy groups -OCH3 is 1. The van der Waals surface area contributed by atoms with Crippen LogP contribution in [-0.2, 0) is 0 Å². The molecule has 0 aliphatic heterocycles. The molecule has 0 saturated carbocycles. The second kappa shape index (κ2) is 6.43. The van der Waals surface area contributed by atoms with Crippen LogP contribution in [0.2, 0.25) is 0 Å². The third kappa shape index (κ3) is 3.86. The zero-order valence-corrected chi connectivity index (χ0v) is 11.9. The zero-order chi connectivity index (χ0) is 13.7. The van der Waals surface area contributed by atoms with Crippen LogP contribution in [0.5, 0.6) is 5.75 Å². The lowest BCUT2D eigenvalue weighted by Crippen LogP contribution is -2.02. The van der Waals surface area contributed by atoms with Crippen molar-refractivity contribution in [1.82, 2.24) is 0 Å². The predicted octanol–water partition coefficient (Wildman–Crippen LogP) is 3.98. The molecule has 0 fully saturated rings. The number of thioether (sulfide) groups is 1. The van der Waals surface area contributed by atoms with Gasteiger partial charge >= 0.3 is 0 Å². The molecule has 0 N–H and O–H groups in total. The standard InChI is InChI=1S/C16H16O2S/c1-12-4-3-5-13(10-12)16(17)11-19-15-8-6-14(18-2)7-9-15/h3-10H,11H2,1-2H3. The maximum Gasteiger partial charge on any atom is 0.173 e. The van der Waals surface area contributed by atoms with E-state index in [4.69, 9.17) is 4.74 Å². The Morgan fingerprint density at radius 3 is 2.53 bits per heavy atom. The van der Waals surface area contributed by atoms with Gasteiger partial charge in [-0.25, -0.2) is 0 Å². The second-order valence-electron chi connectivity index (χ2n) is 4.26. The van der Waals surface area contributed by atoms with Gasteiger partial charge in [0.2, 0.25) is 0 Å². The van der Waals surface area contributed by atoms with Crippen LogP contribution in [0.1, 0.15) is 15.9 Å². The summed E-state index contributed by atoms with van der Waals surface area (Å²) in [5.41, 5.74) is 1.89. The summed E-state index contributed by atoms with van der Waals surface area (Å²) in [6.45, 7) is 1.99. The van der Waals surface area contributed by atoms with Gasteiger partial charge in [-0.3, -0.25) is 4.79 Å². The summed E-state index contributed by atoms with van der Waals surface area (Å²) in [4.78, 5) is 13.1. The van der Waals surface area contributed by atoms with Crippen molar-refractivity contribution in [3.05, 3.63) is 59.7 Å². The first-order valence-electron chi connectivity index (χ1n) is 6.06. The molecule has 0 radical (unpaired) electrons. The van der Waals surface area contributed by atoms with Crippen LogP contribution in [0, 0.1) is 6.92 Å². The number of rotatable bonds is 5. The number of Topliss-reactive ketones (excluding diaryl/α,β-unsaturated/α-hetero) is 1. The number of benzene rings is 2. The first kappa shape index (κ1) is 13.7. The Labute approximate surface area is 117 Å². The highest BCUT2D eigenvalue weighted by atomic mass is 32.2. The van der Waals surface area contributed by atoms with Gasteiger partial charge in [-0.1, -0.05) is 23.8 Å². The maximum absolute atomic E-state index is 12.0. The van der Waals surface area contributed by atoms with Crippen molar-refractivity contribution in [1.29, 1.82) is 0 Å². The normalized spacial score (nSPS) is 10.2. The van der Waals surface area contributed by atoms with E-state index in [-0.39, 0.29) is 5.78 Å². The Morgan fingerprint density at radius 2 is 1.89 bits per heavy atom. The van der Waals surface area contributed by atoms with E-state index in [1.165, 1.54) is 0 Å². The first-order chi connectivity index (χ1) is 9.19. The number of hydrogen-bond donors (Lipinski definition) is 0. The molecule has 0 aromatic heterocycles. The van der Waals surface area contributed by atoms with Gasteiger partial charge in [0, 0.05) is 10.5 Å². The molecule has 0 saturated heterocycles. The third-order valence-electron chi connectivity index (χ3n) is 2.77. The molecule has 0 aliphatic carbocycles. The Balaban J connectivity index is 1.96. The topological polar surface area (TPSA) is 26.3 Å². The Bertz CT molecular complexity index is 561. The van der Waals surface area contributed by atoms with Crippen LogP contribution in [0.3, 0.4) is 0 Å². The summed E-state index contributed by atoms with van der Waals surface area (Å²) >= 11 is 1.54. The fourth-order valence-electron chi connectivity index (χ4n) is 1.72. The smallest absolute Gasteiger partial charge is 0.173 e. The molecule has 2 aromatic carbocycles. The van der Waals surface area contributed by atoms with Gasteiger partial charge in [-0.2, -0.15) is 0 Å². The summed E-state index contributed by atoms with van der Waals surface area (Å²) in [5.74, 6) is 1.44. The molecular weight excluding hydrogens is 256 g/mol.